The number of rotatable bonds is 7. The van der Waals surface area contributed by atoms with Crippen LogP contribution in [0.1, 0.15) is 33.7 Å². The van der Waals surface area contributed by atoms with Gasteiger partial charge in [0.05, 0.1) is 6.04 Å². The number of hydrogen-bond donors (Lipinski definition) is 2. The van der Waals surface area contributed by atoms with Gasteiger partial charge in [0.1, 0.15) is 5.75 Å². The molecule has 2 aromatic rings. The van der Waals surface area contributed by atoms with Gasteiger partial charge in [-0.05, 0) is 54.8 Å². The Morgan fingerprint density at radius 2 is 1.97 bits per heavy atom. The third-order valence-electron chi connectivity index (χ3n) is 6.20. The first-order chi connectivity index (χ1) is 16.9. The topological polar surface area (TPSA) is 87.7 Å². The molecule has 2 atom stereocenters. The van der Waals surface area contributed by atoms with Crippen molar-refractivity contribution in [3.8, 4) is 11.5 Å². The van der Waals surface area contributed by atoms with E-state index in [2.05, 4.69) is 5.32 Å². The summed E-state index contributed by atoms with van der Waals surface area (Å²) in [4.78, 5) is 13.9. The maximum atomic E-state index is 15.1. The maximum absolute atomic E-state index is 15.1. The third kappa shape index (κ3) is 4.92. The molecular weight excluding hydrogens is 502 g/mol. The van der Waals surface area contributed by atoms with E-state index in [1.807, 2.05) is 6.92 Å². The number of nitrogens with one attached hydrogen (secondary N) is 2. The molecule has 1 fully saturated rings. The van der Waals surface area contributed by atoms with Gasteiger partial charge < -0.3 is 15.0 Å². The fourth-order valence-corrected chi connectivity index (χ4v) is 5.04. The number of aryl methyl sites for hydroxylation is 1. The van der Waals surface area contributed by atoms with Gasteiger partial charge in [0.25, 0.3) is 0 Å². The number of halogens is 4. The predicted octanol–water partition coefficient (Wildman–Crippen LogP) is 5.12. The zero-order chi connectivity index (χ0) is 26.3. The van der Waals surface area contributed by atoms with E-state index in [0.717, 1.165) is 6.07 Å². The maximum Gasteiger partial charge on any atom is 0.516 e. The van der Waals surface area contributed by atoms with Gasteiger partial charge in [-0.3, -0.25) is 9.52 Å². The molecule has 2 aliphatic rings. The minimum atomic E-state index is -5.67. The molecule has 0 aromatic heterocycles. The van der Waals surface area contributed by atoms with Crippen molar-refractivity contribution in [3.63, 3.8) is 0 Å². The minimum Gasteiger partial charge on any atom is -0.454 e. The summed E-state index contributed by atoms with van der Waals surface area (Å²) in [6.07, 6.45) is 3.31. The summed E-state index contributed by atoms with van der Waals surface area (Å²) in [5.41, 5.74) is -4.61. The van der Waals surface area contributed by atoms with E-state index in [1.54, 1.807) is 25.4 Å². The van der Waals surface area contributed by atoms with Crippen LogP contribution in [0.5, 0.6) is 11.5 Å². The number of benzene rings is 2. The van der Waals surface area contributed by atoms with Gasteiger partial charge in [0, 0.05) is 33.3 Å². The van der Waals surface area contributed by atoms with Crippen LogP contribution in [0.4, 0.5) is 23.2 Å². The number of ether oxygens (including phenoxy) is 1. The summed E-state index contributed by atoms with van der Waals surface area (Å²) >= 11 is 0. The van der Waals surface area contributed by atoms with Crippen LogP contribution in [0.2, 0.25) is 0 Å². The van der Waals surface area contributed by atoms with E-state index < -0.39 is 27.4 Å². The molecular formula is C24H29F4N3O4S. The van der Waals surface area contributed by atoms with Crippen molar-refractivity contribution in [2.24, 2.45) is 5.92 Å². The first-order valence-corrected chi connectivity index (χ1v) is 12.8. The number of nitrogens with zero attached hydrogens (tertiary/aromatic N) is 1. The Labute approximate surface area is 209 Å². The van der Waals surface area contributed by atoms with Crippen LogP contribution in [0.15, 0.2) is 42.6 Å². The predicted molar refractivity (Wildman–Crippen MR) is 130 cm³/mol. The summed E-state index contributed by atoms with van der Waals surface area (Å²) in [5, 5.41) is 3.12. The average molecular weight is 532 g/mol. The van der Waals surface area contributed by atoms with Crippen molar-refractivity contribution < 1.29 is 38.4 Å². The van der Waals surface area contributed by atoms with Crippen molar-refractivity contribution in [1.29, 1.82) is 0 Å². The summed E-state index contributed by atoms with van der Waals surface area (Å²) in [6.45, 7) is 2.45. The van der Waals surface area contributed by atoms with E-state index >= 15 is 4.39 Å². The summed E-state index contributed by atoms with van der Waals surface area (Å²) in [7, 11) is -4.13. The van der Waals surface area contributed by atoms with Gasteiger partial charge in [0.2, 0.25) is 5.91 Å². The molecule has 0 aliphatic carbocycles. The van der Waals surface area contributed by atoms with E-state index in [1.165, 1.54) is 27.8 Å². The highest BCUT2D eigenvalue weighted by Gasteiger charge is 2.46. The van der Waals surface area contributed by atoms with E-state index in [-0.39, 0.29) is 37.4 Å². The van der Waals surface area contributed by atoms with Crippen LogP contribution < -0.4 is 14.8 Å². The highest BCUT2D eigenvalue weighted by molar-refractivity contribution is 7.93. The molecule has 0 saturated carbocycles. The number of hydrogen-bond acceptors (Lipinski definition) is 5. The molecule has 1 amide bonds. The van der Waals surface area contributed by atoms with Crippen LogP contribution in [0, 0.1) is 11.7 Å². The normalized spacial score (nSPS) is 20.2. The number of fused-ring (bicyclic) bond motifs is 1. The minimum absolute atomic E-state index is 0. The van der Waals surface area contributed by atoms with Crippen molar-refractivity contribution >= 4 is 27.2 Å². The van der Waals surface area contributed by atoms with Crippen LogP contribution in [0.3, 0.4) is 0 Å². The van der Waals surface area contributed by atoms with Crippen molar-refractivity contribution in [3.05, 3.63) is 59.5 Å². The molecule has 1 saturated heterocycles. The Hall–Kier alpha value is -3.12. The number of carbonyl (C=O) groups excluding carboxylic acids is 1. The van der Waals surface area contributed by atoms with Gasteiger partial charge in [-0.15, -0.1) is 0 Å². The molecule has 2 aromatic carbocycles. The van der Waals surface area contributed by atoms with Gasteiger partial charge in [0.15, 0.2) is 11.6 Å². The number of amides is 1. The zero-order valence-corrected chi connectivity index (χ0v) is 20.3. The highest BCUT2D eigenvalue weighted by Crippen LogP contribution is 2.43. The lowest BCUT2D eigenvalue weighted by Gasteiger charge is -2.32. The molecule has 2 unspecified atom stereocenters. The fraction of sp³-hybridized carbons (Fsp3) is 0.375. The quantitative estimate of drug-likeness (QED) is 0.485. The van der Waals surface area contributed by atoms with Crippen LogP contribution in [-0.4, -0.2) is 44.4 Å². The number of alkyl halides is 3. The molecule has 36 heavy (non-hydrogen) atoms. The molecule has 198 valence electrons. The molecule has 4 rings (SSSR count). The second-order valence-corrected chi connectivity index (χ2v) is 10.4. The van der Waals surface area contributed by atoms with Crippen LogP contribution >= 0.6 is 0 Å². The molecule has 7 nitrogen and oxygen atoms in total. The van der Waals surface area contributed by atoms with Gasteiger partial charge in [-0.1, -0.05) is 25.5 Å². The van der Waals surface area contributed by atoms with Crippen molar-refractivity contribution in [1.82, 2.24) is 10.2 Å². The van der Waals surface area contributed by atoms with Crippen LogP contribution in [0.25, 0.3) is 5.57 Å². The molecule has 2 heterocycles. The zero-order valence-electron chi connectivity index (χ0n) is 19.5. The second kappa shape index (κ2) is 9.74. The largest absolute Gasteiger partial charge is 0.516 e. The number of carbonyl (C=O) groups is 1. The molecule has 2 N–H and O–H groups in total. The molecule has 2 aliphatic heterocycles. The SMILES string of the molecule is CCCc1cccc(Oc2ccc(NS(=O)(=O)C(F)(F)F)cc2C2=CN(C)C(=O)C3NCCC23)c1F.[HH].[HH]. The molecule has 0 bridgehead atoms. The Morgan fingerprint density at radius 3 is 2.67 bits per heavy atom. The Morgan fingerprint density at radius 1 is 1.22 bits per heavy atom. The van der Waals surface area contributed by atoms with Crippen LogP contribution in [-0.2, 0) is 21.2 Å². The number of likely N-dealkylation sites (N-methyl/N-ethyl adjacent to an activating group) is 1. The van der Waals surface area contributed by atoms with Gasteiger partial charge in [-0.2, -0.15) is 21.6 Å². The first-order valence-electron chi connectivity index (χ1n) is 11.3. The summed E-state index contributed by atoms with van der Waals surface area (Å²) < 4.78 is 84.9. The fourth-order valence-electron chi connectivity index (χ4n) is 4.49. The van der Waals surface area contributed by atoms with Crippen molar-refractivity contribution in [2.45, 2.75) is 37.7 Å². The number of sulfonamides is 1. The second-order valence-electron chi connectivity index (χ2n) is 8.70. The lowest BCUT2D eigenvalue weighted by molar-refractivity contribution is -0.130. The Balaban J connectivity index is 0.00000253. The Bertz CT molecular complexity index is 1320. The molecule has 0 radical (unpaired) electrons. The summed E-state index contributed by atoms with van der Waals surface area (Å²) in [5.74, 6) is -1.03. The van der Waals surface area contributed by atoms with E-state index in [4.69, 9.17) is 4.74 Å². The summed E-state index contributed by atoms with van der Waals surface area (Å²) in [6, 6.07) is 7.75. The van der Waals surface area contributed by atoms with Gasteiger partial charge >= 0.3 is 15.5 Å². The highest BCUT2D eigenvalue weighted by atomic mass is 32.2. The smallest absolute Gasteiger partial charge is 0.454 e. The molecule has 0 spiro atoms. The van der Waals surface area contributed by atoms with E-state index in [0.29, 0.717) is 36.9 Å². The number of anilines is 1. The van der Waals surface area contributed by atoms with Crippen molar-refractivity contribution in [2.75, 3.05) is 18.3 Å². The average Bonchev–Trinajstić information content (AvgIpc) is 3.29. The first kappa shape index (κ1) is 26.0. The van der Waals surface area contributed by atoms with E-state index in [9.17, 15) is 26.4 Å². The third-order valence-corrected chi connectivity index (χ3v) is 7.31. The monoisotopic (exact) mass is 531 g/mol. The molecule has 12 heteroatoms. The standard InChI is InChI=1S/C24H25F4N3O4S.2H2/c1-3-5-14-6-4-7-20(21(14)25)35-19-9-8-15(30-36(33,34)24(26,27)28)12-17(19)18-13-31(2)23(32)22-16(18)10-11-29-22;;/h4,6-9,12-13,16,22,29-30H,3,5,10-11H2,1-2H3;2*1H. The lowest BCUT2D eigenvalue weighted by atomic mass is 9.84. The van der Waals surface area contributed by atoms with Gasteiger partial charge in [-0.25, -0.2) is 4.39 Å². The Kier molecular flexibility index (Phi) is 7.02. The lowest BCUT2D eigenvalue weighted by Crippen LogP contribution is -2.46.